The molecule has 4 nitrogen and oxygen atoms in total. The van der Waals surface area contributed by atoms with Crippen LogP contribution in [-0.4, -0.2) is 25.5 Å². The number of nitrogens with zero attached hydrogens (tertiary/aromatic N) is 1. The molecule has 0 spiro atoms. The van der Waals surface area contributed by atoms with Gasteiger partial charge in [0.1, 0.15) is 0 Å². The Morgan fingerprint density at radius 2 is 2.20 bits per heavy atom. The summed E-state index contributed by atoms with van der Waals surface area (Å²) in [5, 5.41) is 12.3. The smallest absolute Gasteiger partial charge is 0.200 e. The fourth-order valence-electron chi connectivity index (χ4n) is 1.69. The SMILES string of the molecule is C=CCOP(C)(=O)CCC(C#N)NCc1ccccc1. The third-order valence-electron chi connectivity index (χ3n) is 2.84. The summed E-state index contributed by atoms with van der Waals surface area (Å²) in [6, 6.07) is 11.7. The molecule has 0 aliphatic carbocycles. The van der Waals surface area contributed by atoms with Crippen LogP contribution in [0.25, 0.3) is 0 Å². The van der Waals surface area contributed by atoms with Crippen LogP contribution in [0.1, 0.15) is 12.0 Å². The number of benzene rings is 1. The van der Waals surface area contributed by atoms with Crippen LogP contribution < -0.4 is 5.32 Å². The van der Waals surface area contributed by atoms with Gasteiger partial charge in [0.05, 0.1) is 18.7 Å². The van der Waals surface area contributed by atoms with Gasteiger partial charge >= 0.3 is 0 Å². The van der Waals surface area contributed by atoms with Gasteiger partial charge < -0.3 is 4.52 Å². The predicted molar refractivity (Wildman–Crippen MR) is 81.8 cm³/mol. The Hall–Kier alpha value is -1.40. The summed E-state index contributed by atoms with van der Waals surface area (Å²) in [5.41, 5.74) is 1.12. The lowest BCUT2D eigenvalue weighted by Crippen LogP contribution is -2.28. The average Bonchev–Trinajstić information content (AvgIpc) is 2.46. The molecule has 1 N–H and O–H groups in total. The molecule has 2 unspecified atom stereocenters. The van der Waals surface area contributed by atoms with Crippen LogP contribution in [-0.2, 0) is 15.6 Å². The van der Waals surface area contributed by atoms with Crippen molar-refractivity contribution in [2.24, 2.45) is 0 Å². The molecule has 20 heavy (non-hydrogen) atoms. The minimum atomic E-state index is -2.63. The number of hydrogen-bond donors (Lipinski definition) is 1. The molecule has 0 saturated carbocycles. The molecular formula is C15H21N2O2P. The van der Waals surface area contributed by atoms with Gasteiger partial charge in [-0.3, -0.25) is 9.88 Å². The van der Waals surface area contributed by atoms with Gasteiger partial charge in [0.15, 0.2) is 0 Å². The minimum absolute atomic E-state index is 0.280. The summed E-state index contributed by atoms with van der Waals surface area (Å²) in [4.78, 5) is 0. The highest BCUT2D eigenvalue weighted by Gasteiger charge is 2.18. The fourth-order valence-corrected chi connectivity index (χ4v) is 2.96. The second kappa shape index (κ2) is 8.71. The third kappa shape index (κ3) is 6.68. The monoisotopic (exact) mass is 292 g/mol. The van der Waals surface area contributed by atoms with Gasteiger partial charge in [0.25, 0.3) is 0 Å². The largest absolute Gasteiger partial charge is 0.324 e. The Morgan fingerprint density at radius 1 is 1.50 bits per heavy atom. The van der Waals surface area contributed by atoms with Gasteiger partial charge in [0, 0.05) is 19.4 Å². The zero-order chi connectivity index (χ0) is 14.8. The van der Waals surface area contributed by atoms with Crippen LogP contribution in [0.3, 0.4) is 0 Å². The molecule has 0 aliphatic heterocycles. The lowest BCUT2D eigenvalue weighted by molar-refractivity contribution is 0.355. The number of rotatable bonds is 9. The molecular weight excluding hydrogens is 271 g/mol. The molecule has 0 bridgehead atoms. The van der Waals surface area contributed by atoms with Crippen molar-refractivity contribution in [2.75, 3.05) is 19.4 Å². The van der Waals surface area contributed by atoms with E-state index in [0.29, 0.717) is 19.1 Å². The van der Waals surface area contributed by atoms with Crippen molar-refractivity contribution in [3.05, 3.63) is 48.6 Å². The molecule has 1 aromatic carbocycles. The molecule has 108 valence electrons. The van der Waals surface area contributed by atoms with Crippen molar-refractivity contribution in [3.8, 4) is 6.07 Å². The second-order valence-corrected chi connectivity index (χ2v) is 7.39. The Labute approximate surface area is 120 Å². The first-order valence-electron chi connectivity index (χ1n) is 6.56. The van der Waals surface area contributed by atoms with E-state index in [0.717, 1.165) is 5.56 Å². The number of nitrogens with one attached hydrogen (secondary N) is 1. The van der Waals surface area contributed by atoms with Crippen molar-refractivity contribution in [1.29, 1.82) is 5.26 Å². The van der Waals surface area contributed by atoms with Crippen LogP contribution in [0, 0.1) is 11.3 Å². The molecule has 1 rings (SSSR count). The summed E-state index contributed by atoms with van der Waals surface area (Å²) >= 11 is 0. The van der Waals surface area contributed by atoms with Crippen LogP contribution in [0.2, 0.25) is 0 Å². The predicted octanol–water partition coefficient (Wildman–Crippen LogP) is 3.17. The highest BCUT2D eigenvalue weighted by atomic mass is 31.2. The molecule has 1 aromatic rings. The Kier molecular flexibility index (Phi) is 7.25. The quantitative estimate of drug-likeness (QED) is 0.561. The Morgan fingerprint density at radius 3 is 2.80 bits per heavy atom. The second-order valence-electron chi connectivity index (χ2n) is 4.66. The van der Waals surface area contributed by atoms with Gasteiger partial charge in [-0.1, -0.05) is 36.4 Å². The summed E-state index contributed by atoms with van der Waals surface area (Å²) < 4.78 is 17.3. The summed E-state index contributed by atoms with van der Waals surface area (Å²) in [6.07, 6.45) is 2.47. The maximum Gasteiger partial charge on any atom is 0.200 e. The van der Waals surface area contributed by atoms with Crippen molar-refractivity contribution >= 4 is 7.37 Å². The zero-order valence-electron chi connectivity index (χ0n) is 11.8. The van der Waals surface area contributed by atoms with E-state index in [1.165, 1.54) is 0 Å². The normalized spacial score (nSPS) is 15.0. The molecule has 0 fully saturated rings. The van der Waals surface area contributed by atoms with Crippen LogP contribution in [0.4, 0.5) is 0 Å². The first-order chi connectivity index (χ1) is 9.57. The van der Waals surface area contributed by atoms with Crippen molar-refractivity contribution in [1.82, 2.24) is 5.32 Å². The first-order valence-corrected chi connectivity index (χ1v) is 8.82. The van der Waals surface area contributed by atoms with E-state index in [1.54, 1.807) is 12.7 Å². The van der Waals surface area contributed by atoms with Crippen LogP contribution in [0.15, 0.2) is 43.0 Å². The molecule has 0 saturated heterocycles. The van der Waals surface area contributed by atoms with Gasteiger partial charge in [-0.15, -0.1) is 6.58 Å². The maximum atomic E-state index is 12.1. The van der Waals surface area contributed by atoms with Gasteiger partial charge in [-0.25, -0.2) is 0 Å². The van der Waals surface area contributed by atoms with Crippen LogP contribution in [0.5, 0.6) is 0 Å². The Bertz CT molecular complexity index is 496. The van der Waals surface area contributed by atoms with Gasteiger partial charge in [-0.2, -0.15) is 5.26 Å². The van der Waals surface area contributed by atoms with E-state index in [4.69, 9.17) is 9.79 Å². The number of hydrogen-bond acceptors (Lipinski definition) is 4. The van der Waals surface area contributed by atoms with Crippen LogP contribution >= 0.6 is 7.37 Å². The molecule has 0 aliphatic rings. The van der Waals surface area contributed by atoms with E-state index < -0.39 is 7.37 Å². The van der Waals surface area contributed by atoms with E-state index in [1.807, 2.05) is 30.3 Å². The average molecular weight is 292 g/mol. The summed E-state index contributed by atoms with van der Waals surface area (Å²) in [6.45, 7) is 6.03. The topological polar surface area (TPSA) is 62.1 Å². The summed E-state index contributed by atoms with van der Waals surface area (Å²) in [7, 11) is -2.63. The van der Waals surface area contributed by atoms with Gasteiger partial charge in [-0.05, 0) is 12.0 Å². The summed E-state index contributed by atoms with van der Waals surface area (Å²) in [5.74, 6) is 0. The molecule has 0 heterocycles. The van der Waals surface area contributed by atoms with E-state index in [9.17, 15) is 4.57 Å². The lowest BCUT2D eigenvalue weighted by atomic mass is 10.2. The molecule has 0 radical (unpaired) electrons. The standard InChI is InChI=1S/C15H21N2O2P/c1-3-10-19-20(2,18)11-9-15(12-16)17-13-14-7-5-4-6-8-14/h3-8,15,17H,1,9-11,13H2,2H3. The molecule has 5 heteroatoms. The van der Waals surface area contributed by atoms with Gasteiger partial charge in [0.2, 0.25) is 7.37 Å². The minimum Gasteiger partial charge on any atom is -0.324 e. The van der Waals surface area contributed by atoms with E-state index in [-0.39, 0.29) is 12.6 Å². The van der Waals surface area contributed by atoms with Crippen molar-refractivity contribution < 1.29 is 9.09 Å². The fraction of sp³-hybridized carbons (Fsp3) is 0.400. The van der Waals surface area contributed by atoms with E-state index in [2.05, 4.69) is 18.0 Å². The van der Waals surface area contributed by atoms with Crippen molar-refractivity contribution in [3.63, 3.8) is 0 Å². The maximum absolute atomic E-state index is 12.1. The first kappa shape index (κ1) is 16.7. The third-order valence-corrected chi connectivity index (χ3v) is 4.61. The lowest BCUT2D eigenvalue weighted by Gasteiger charge is -2.16. The highest BCUT2D eigenvalue weighted by Crippen LogP contribution is 2.43. The molecule has 0 amide bonds. The van der Waals surface area contributed by atoms with Crippen molar-refractivity contribution in [2.45, 2.75) is 19.0 Å². The highest BCUT2D eigenvalue weighted by molar-refractivity contribution is 7.58. The zero-order valence-corrected chi connectivity index (χ0v) is 12.7. The molecule has 2 atom stereocenters. The molecule has 0 aromatic heterocycles. The number of nitriles is 1. The Balaban J connectivity index is 2.38. The van der Waals surface area contributed by atoms with E-state index >= 15 is 0 Å².